The maximum Gasteiger partial charge on any atom is 0.369 e. The van der Waals surface area contributed by atoms with Crippen molar-refractivity contribution in [2.75, 3.05) is 6.61 Å². The van der Waals surface area contributed by atoms with Crippen molar-refractivity contribution in [2.45, 2.75) is 16.4 Å². The summed E-state index contributed by atoms with van der Waals surface area (Å²) in [4.78, 5) is 37.3. The van der Waals surface area contributed by atoms with Gasteiger partial charge in [0.15, 0.2) is 9.50 Å². The van der Waals surface area contributed by atoms with Crippen molar-refractivity contribution in [3.63, 3.8) is 0 Å². The molecule has 0 saturated carbocycles. The number of hydrogen-bond donors (Lipinski definition) is 1. The molecular formula is C9H9N5O4S2. The van der Waals surface area contributed by atoms with E-state index in [9.17, 15) is 14.4 Å². The second kappa shape index (κ2) is 5.96. The zero-order chi connectivity index (χ0) is 14.7. The van der Waals surface area contributed by atoms with Gasteiger partial charge in [-0.15, -0.1) is 10.2 Å². The van der Waals surface area contributed by atoms with Gasteiger partial charge in [0.2, 0.25) is 5.01 Å². The zero-order valence-corrected chi connectivity index (χ0v) is 12.1. The van der Waals surface area contributed by atoms with Crippen LogP contribution in [0.25, 0.3) is 0 Å². The minimum Gasteiger partial charge on any atom is -0.461 e. The van der Waals surface area contributed by atoms with Gasteiger partial charge >= 0.3 is 17.1 Å². The summed E-state index contributed by atoms with van der Waals surface area (Å²) in [5.41, 5.74) is -1.69. The third kappa shape index (κ3) is 3.11. The van der Waals surface area contributed by atoms with Crippen LogP contribution < -0.4 is 11.1 Å². The smallest absolute Gasteiger partial charge is 0.369 e. The van der Waals surface area contributed by atoms with Crippen LogP contribution in [0.2, 0.25) is 0 Å². The van der Waals surface area contributed by atoms with E-state index in [1.165, 1.54) is 11.7 Å². The summed E-state index contributed by atoms with van der Waals surface area (Å²) in [6, 6.07) is 0. The van der Waals surface area contributed by atoms with E-state index in [0.29, 0.717) is 4.34 Å². The standard InChI is InChI=1S/C9H9N5O4S2/c1-3-18-7(17)6-11-12-9(19-6)20-8-10-4(15)5(16)13-14(8)2/h3H2,1-2H3,(H,13,16). The summed E-state index contributed by atoms with van der Waals surface area (Å²) in [6.07, 6.45) is 0. The van der Waals surface area contributed by atoms with Gasteiger partial charge < -0.3 is 4.74 Å². The molecule has 0 saturated heterocycles. The van der Waals surface area contributed by atoms with Crippen LogP contribution in [0.15, 0.2) is 19.1 Å². The fraction of sp³-hybridized carbons (Fsp3) is 0.333. The Labute approximate surface area is 120 Å². The third-order valence-corrected chi connectivity index (χ3v) is 3.98. The quantitative estimate of drug-likeness (QED) is 0.600. The first kappa shape index (κ1) is 14.4. The van der Waals surface area contributed by atoms with E-state index in [-0.39, 0.29) is 16.8 Å². The van der Waals surface area contributed by atoms with Crippen LogP contribution in [0.1, 0.15) is 16.7 Å². The lowest BCUT2D eigenvalue weighted by Crippen LogP contribution is -2.33. The summed E-state index contributed by atoms with van der Waals surface area (Å²) >= 11 is 2.03. The molecular weight excluding hydrogens is 306 g/mol. The fourth-order valence-electron chi connectivity index (χ4n) is 1.16. The van der Waals surface area contributed by atoms with Crippen LogP contribution in [0.3, 0.4) is 0 Å². The highest BCUT2D eigenvalue weighted by Crippen LogP contribution is 2.27. The van der Waals surface area contributed by atoms with E-state index >= 15 is 0 Å². The molecule has 0 spiro atoms. The topological polar surface area (TPSA) is 120 Å². The number of aryl methyl sites for hydroxylation is 1. The second-order valence-electron chi connectivity index (χ2n) is 3.40. The third-order valence-electron chi connectivity index (χ3n) is 1.98. The van der Waals surface area contributed by atoms with E-state index in [1.54, 1.807) is 6.92 Å². The van der Waals surface area contributed by atoms with Gasteiger partial charge in [-0.3, -0.25) is 19.4 Å². The molecule has 0 aliphatic carbocycles. The predicted molar refractivity (Wildman–Crippen MR) is 70.1 cm³/mol. The normalized spacial score (nSPS) is 10.5. The number of esters is 1. The van der Waals surface area contributed by atoms with Gasteiger partial charge in [0.05, 0.1) is 6.61 Å². The van der Waals surface area contributed by atoms with Gasteiger partial charge in [0, 0.05) is 7.05 Å². The van der Waals surface area contributed by atoms with E-state index in [4.69, 9.17) is 4.74 Å². The first-order valence-corrected chi connectivity index (χ1v) is 7.00. The zero-order valence-electron chi connectivity index (χ0n) is 10.4. The molecule has 9 nitrogen and oxygen atoms in total. The average Bonchev–Trinajstić information content (AvgIpc) is 2.85. The Morgan fingerprint density at radius 1 is 1.45 bits per heavy atom. The fourth-order valence-corrected chi connectivity index (χ4v) is 2.80. The Bertz CT molecular complexity index is 749. The molecule has 2 heterocycles. The molecule has 0 radical (unpaired) electrons. The Morgan fingerprint density at radius 2 is 2.20 bits per heavy atom. The maximum absolute atomic E-state index is 11.4. The lowest BCUT2D eigenvalue weighted by atomic mass is 10.7. The van der Waals surface area contributed by atoms with Crippen molar-refractivity contribution in [1.82, 2.24) is 25.0 Å². The van der Waals surface area contributed by atoms with Gasteiger partial charge in [-0.05, 0) is 18.7 Å². The van der Waals surface area contributed by atoms with E-state index < -0.39 is 17.1 Å². The summed E-state index contributed by atoms with van der Waals surface area (Å²) < 4.78 is 6.49. The van der Waals surface area contributed by atoms with Crippen molar-refractivity contribution < 1.29 is 9.53 Å². The number of ether oxygens (including phenoxy) is 1. The maximum atomic E-state index is 11.4. The molecule has 0 atom stereocenters. The highest BCUT2D eigenvalue weighted by molar-refractivity contribution is 8.00. The molecule has 2 aromatic heterocycles. The van der Waals surface area contributed by atoms with Crippen molar-refractivity contribution in [3.8, 4) is 0 Å². The van der Waals surface area contributed by atoms with Crippen LogP contribution in [-0.2, 0) is 11.8 Å². The van der Waals surface area contributed by atoms with Crippen molar-refractivity contribution in [2.24, 2.45) is 7.05 Å². The Balaban J connectivity index is 2.23. The number of H-pyrrole nitrogens is 1. The molecule has 20 heavy (non-hydrogen) atoms. The molecule has 0 fully saturated rings. The molecule has 0 bridgehead atoms. The van der Waals surface area contributed by atoms with E-state index in [0.717, 1.165) is 23.1 Å². The summed E-state index contributed by atoms with van der Waals surface area (Å²) in [5.74, 6) is -0.555. The van der Waals surface area contributed by atoms with Crippen molar-refractivity contribution in [1.29, 1.82) is 0 Å². The van der Waals surface area contributed by atoms with Crippen LogP contribution >= 0.6 is 23.1 Å². The SMILES string of the molecule is CCOC(=O)c1nnc(Sc2nc(=O)c(=O)[nH]n2C)s1. The molecule has 0 aliphatic heterocycles. The predicted octanol–water partition coefficient (Wildman–Crippen LogP) is -0.352. The number of aromatic nitrogens is 5. The van der Waals surface area contributed by atoms with Crippen LogP contribution in [-0.4, -0.2) is 37.5 Å². The van der Waals surface area contributed by atoms with Crippen LogP contribution in [0.5, 0.6) is 0 Å². The van der Waals surface area contributed by atoms with Gasteiger partial charge in [-0.25, -0.2) is 4.79 Å². The number of aromatic amines is 1. The molecule has 0 amide bonds. The Hall–Kier alpha value is -2.01. The summed E-state index contributed by atoms with van der Waals surface area (Å²) in [6.45, 7) is 1.94. The Kier molecular flexibility index (Phi) is 4.29. The highest BCUT2D eigenvalue weighted by atomic mass is 32.2. The molecule has 0 aromatic carbocycles. The van der Waals surface area contributed by atoms with Gasteiger partial charge in [0.25, 0.3) is 0 Å². The molecule has 2 rings (SSSR count). The molecule has 106 valence electrons. The van der Waals surface area contributed by atoms with Gasteiger partial charge in [-0.2, -0.15) is 4.98 Å². The monoisotopic (exact) mass is 315 g/mol. The number of carbonyl (C=O) groups excluding carboxylic acids is 1. The summed E-state index contributed by atoms with van der Waals surface area (Å²) in [5, 5.41) is 10.1. The second-order valence-corrected chi connectivity index (χ2v) is 5.59. The van der Waals surface area contributed by atoms with Crippen molar-refractivity contribution >= 4 is 29.1 Å². The van der Waals surface area contributed by atoms with Crippen LogP contribution in [0.4, 0.5) is 0 Å². The number of nitrogens with one attached hydrogen (secondary N) is 1. The first-order chi connectivity index (χ1) is 9.51. The number of nitrogens with zero attached hydrogens (tertiary/aromatic N) is 4. The largest absolute Gasteiger partial charge is 0.461 e. The minimum absolute atomic E-state index is 0.115. The van der Waals surface area contributed by atoms with Crippen molar-refractivity contribution in [3.05, 3.63) is 25.7 Å². The molecule has 11 heteroatoms. The highest BCUT2D eigenvalue weighted by Gasteiger charge is 2.16. The molecule has 0 unspecified atom stereocenters. The minimum atomic E-state index is -0.888. The molecule has 1 N–H and O–H groups in total. The van der Waals surface area contributed by atoms with Crippen LogP contribution in [0, 0.1) is 0 Å². The average molecular weight is 315 g/mol. The molecule has 2 aromatic rings. The van der Waals surface area contributed by atoms with E-state index in [1.807, 2.05) is 0 Å². The van der Waals surface area contributed by atoms with Gasteiger partial charge in [-0.1, -0.05) is 11.3 Å². The number of hydrogen-bond acceptors (Lipinski definition) is 9. The first-order valence-electron chi connectivity index (χ1n) is 5.37. The summed E-state index contributed by atoms with van der Waals surface area (Å²) in [7, 11) is 1.53. The lowest BCUT2D eigenvalue weighted by Gasteiger charge is -2.02. The molecule has 0 aliphatic rings. The Morgan fingerprint density at radius 3 is 2.90 bits per heavy atom. The van der Waals surface area contributed by atoms with Gasteiger partial charge in [0.1, 0.15) is 0 Å². The van der Waals surface area contributed by atoms with E-state index in [2.05, 4.69) is 20.3 Å². The number of rotatable bonds is 4. The number of carbonyl (C=O) groups is 1. The lowest BCUT2D eigenvalue weighted by molar-refractivity contribution is 0.0525.